The molecule has 0 amide bonds. The van der Waals surface area contributed by atoms with Crippen LogP contribution in [0.4, 0.5) is 10.1 Å². The number of aryl methyl sites for hydroxylation is 1. The number of nitrogens with one attached hydrogen (secondary N) is 1. The summed E-state index contributed by atoms with van der Waals surface area (Å²) >= 11 is 0. The van der Waals surface area contributed by atoms with Gasteiger partial charge in [0, 0.05) is 5.69 Å². The van der Waals surface area contributed by atoms with E-state index in [1.165, 1.54) is 30.3 Å². The van der Waals surface area contributed by atoms with Gasteiger partial charge >= 0.3 is 0 Å². The maximum Gasteiger partial charge on any atom is 0.157 e. The van der Waals surface area contributed by atoms with E-state index in [2.05, 4.69) is 5.32 Å². The van der Waals surface area contributed by atoms with Crippen molar-refractivity contribution in [1.82, 2.24) is 0 Å². The topological polar surface area (TPSA) is 76.3 Å². The molecule has 20 heavy (non-hydrogen) atoms. The standard InChI is InChI=1S/C15H13FN2O2/c1-9-4-11(16)7-12(5-9)18-13(8-17)10-2-3-14(19)15(20)6-10/h2-7,13,18-20H,1H3. The minimum atomic E-state index is -0.761. The van der Waals surface area contributed by atoms with Gasteiger partial charge < -0.3 is 15.5 Å². The Morgan fingerprint density at radius 1 is 1.15 bits per heavy atom. The highest BCUT2D eigenvalue weighted by atomic mass is 19.1. The number of nitriles is 1. The Balaban J connectivity index is 2.29. The molecule has 1 unspecified atom stereocenters. The number of benzene rings is 2. The minimum Gasteiger partial charge on any atom is -0.504 e. The maximum absolute atomic E-state index is 13.3. The molecule has 2 rings (SSSR count). The van der Waals surface area contributed by atoms with Crippen molar-refractivity contribution in [3.05, 3.63) is 53.3 Å². The van der Waals surface area contributed by atoms with Crippen LogP contribution in [0.5, 0.6) is 11.5 Å². The second-order valence-corrected chi connectivity index (χ2v) is 4.47. The summed E-state index contributed by atoms with van der Waals surface area (Å²) in [5, 5.41) is 30.8. The van der Waals surface area contributed by atoms with E-state index in [9.17, 15) is 19.9 Å². The number of phenols is 2. The molecule has 0 spiro atoms. The highest BCUT2D eigenvalue weighted by Gasteiger charge is 2.13. The molecule has 2 aromatic rings. The van der Waals surface area contributed by atoms with Gasteiger partial charge in [-0.2, -0.15) is 5.26 Å². The number of anilines is 1. The monoisotopic (exact) mass is 272 g/mol. The van der Waals surface area contributed by atoms with Gasteiger partial charge in [0.2, 0.25) is 0 Å². The third-order valence-corrected chi connectivity index (χ3v) is 2.82. The van der Waals surface area contributed by atoms with Crippen molar-refractivity contribution in [2.24, 2.45) is 0 Å². The average molecular weight is 272 g/mol. The van der Waals surface area contributed by atoms with E-state index >= 15 is 0 Å². The first-order valence-electron chi connectivity index (χ1n) is 5.95. The molecule has 0 fully saturated rings. The quantitative estimate of drug-likeness (QED) is 0.750. The van der Waals surface area contributed by atoms with Crippen molar-refractivity contribution in [1.29, 1.82) is 5.26 Å². The summed E-state index contributed by atoms with van der Waals surface area (Å²) in [7, 11) is 0. The van der Waals surface area contributed by atoms with Gasteiger partial charge in [0.25, 0.3) is 0 Å². The molecule has 1 atom stereocenters. The van der Waals surface area contributed by atoms with Gasteiger partial charge in [0.1, 0.15) is 11.9 Å². The Labute approximate surface area is 115 Å². The molecule has 3 N–H and O–H groups in total. The number of phenolic OH excluding ortho intramolecular Hbond substituents is 2. The molecule has 0 aliphatic carbocycles. The molecule has 4 nitrogen and oxygen atoms in total. The van der Waals surface area contributed by atoms with Crippen LogP contribution in [-0.2, 0) is 0 Å². The number of rotatable bonds is 3. The summed E-state index contributed by atoms with van der Waals surface area (Å²) < 4.78 is 13.3. The van der Waals surface area contributed by atoms with E-state index in [0.717, 1.165) is 5.56 Å². The fraction of sp³-hybridized carbons (Fsp3) is 0.133. The van der Waals surface area contributed by atoms with E-state index in [-0.39, 0.29) is 11.5 Å². The predicted octanol–water partition coefficient (Wildman–Crippen LogP) is 3.22. The second kappa shape index (κ2) is 5.49. The van der Waals surface area contributed by atoms with Gasteiger partial charge in [-0.3, -0.25) is 0 Å². The zero-order valence-corrected chi connectivity index (χ0v) is 10.8. The highest BCUT2D eigenvalue weighted by molar-refractivity contribution is 5.51. The summed E-state index contributed by atoms with van der Waals surface area (Å²) in [6.07, 6.45) is 0. The van der Waals surface area contributed by atoms with Crippen molar-refractivity contribution in [2.45, 2.75) is 13.0 Å². The summed E-state index contributed by atoms with van der Waals surface area (Å²) in [6.45, 7) is 1.75. The third-order valence-electron chi connectivity index (χ3n) is 2.82. The van der Waals surface area contributed by atoms with Gasteiger partial charge in [0.05, 0.1) is 6.07 Å². The zero-order valence-electron chi connectivity index (χ0n) is 10.8. The van der Waals surface area contributed by atoms with Crippen LogP contribution in [0.15, 0.2) is 36.4 Å². The Hall–Kier alpha value is -2.74. The van der Waals surface area contributed by atoms with Crippen LogP contribution in [0.1, 0.15) is 17.2 Å². The normalized spacial score (nSPS) is 11.7. The first kappa shape index (κ1) is 13.7. The van der Waals surface area contributed by atoms with E-state index in [4.69, 9.17) is 0 Å². The molecule has 0 radical (unpaired) electrons. The van der Waals surface area contributed by atoms with Crippen molar-refractivity contribution in [2.75, 3.05) is 5.32 Å². The van der Waals surface area contributed by atoms with Crippen LogP contribution in [-0.4, -0.2) is 10.2 Å². The molecule has 2 aromatic carbocycles. The molecular weight excluding hydrogens is 259 g/mol. The Morgan fingerprint density at radius 3 is 2.50 bits per heavy atom. The first-order chi connectivity index (χ1) is 9.49. The lowest BCUT2D eigenvalue weighted by Crippen LogP contribution is -2.08. The van der Waals surface area contributed by atoms with E-state index < -0.39 is 11.9 Å². The summed E-state index contributed by atoms with van der Waals surface area (Å²) in [4.78, 5) is 0. The van der Waals surface area contributed by atoms with E-state index in [1.54, 1.807) is 13.0 Å². The lowest BCUT2D eigenvalue weighted by atomic mass is 10.1. The molecule has 0 heterocycles. The van der Waals surface area contributed by atoms with Gasteiger partial charge in [0.15, 0.2) is 11.5 Å². The van der Waals surface area contributed by atoms with Gasteiger partial charge in [-0.15, -0.1) is 0 Å². The molecule has 0 saturated heterocycles. The SMILES string of the molecule is Cc1cc(F)cc(NC(C#N)c2ccc(O)c(O)c2)c1. The predicted molar refractivity (Wildman–Crippen MR) is 72.9 cm³/mol. The minimum absolute atomic E-state index is 0.257. The van der Waals surface area contributed by atoms with E-state index in [0.29, 0.717) is 11.3 Å². The van der Waals surface area contributed by atoms with Crippen molar-refractivity contribution >= 4 is 5.69 Å². The Bertz CT molecular complexity index is 660. The lowest BCUT2D eigenvalue weighted by Gasteiger charge is -2.14. The molecule has 0 aliphatic rings. The summed E-state index contributed by atoms with van der Waals surface area (Å²) in [6, 6.07) is 9.77. The number of hydrogen-bond donors (Lipinski definition) is 3. The highest BCUT2D eigenvalue weighted by Crippen LogP contribution is 2.29. The molecule has 102 valence electrons. The second-order valence-electron chi connectivity index (χ2n) is 4.47. The molecule has 0 saturated carbocycles. The van der Waals surface area contributed by atoms with Crippen LogP contribution in [0.2, 0.25) is 0 Å². The number of aromatic hydroxyl groups is 2. The average Bonchev–Trinajstić information content (AvgIpc) is 2.38. The molecule has 5 heteroatoms. The largest absolute Gasteiger partial charge is 0.504 e. The number of nitrogens with zero attached hydrogens (tertiary/aromatic N) is 1. The fourth-order valence-corrected chi connectivity index (χ4v) is 1.90. The van der Waals surface area contributed by atoms with Crippen LogP contribution in [0, 0.1) is 24.1 Å². The van der Waals surface area contributed by atoms with Gasteiger partial charge in [-0.25, -0.2) is 4.39 Å². The fourth-order valence-electron chi connectivity index (χ4n) is 1.90. The van der Waals surface area contributed by atoms with Crippen LogP contribution < -0.4 is 5.32 Å². The smallest absolute Gasteiger partial charge is 0.157 e. The number of hydrogen-bond acceptors (Lipinski definition) is 4. The van der Waals surface area contributed by atoms with Crippen LogP contribution in [0.25, 0.3) is 0 Å². The molecule has 0 bridgehead atoms. The zero-order chi connectivity index (χ0) is 14.7. The molecule has 0 aromatic heterocycles. The third kappa shape index (κ3) is 2.98. The van der Waals surface area contributed by atoms with Crippen molar-refractivity contribution in [3.63, 3.8) is 0 Å². The lowest BCUT2D eigenvalue weighted by molar-refractivity contribution is 0.403. The maximum atomic E-state index is 13.3. The Morgan fingerprint density at radius 2 is 1.90 bits per heavy atom. The van der Waals surface area contributed by atoms with Crippen LogP contribution in [0.3, 0.4) is 0 Å². The molecule has 0 aliphatic heterocycles. The first-order valence-corrected chi connectivity index (χ1v) is 5.95. The van der Waals surface area contributed by atoms with Crippen molar-refractivity contribution < 1.29 is 14.6 Å². The van der Waals surface area contributed by atoms with Gasteiger partial charge in [-0.1, -0.05) is 6.07 Å². The summed E-state index contributed by atoms with van der Waals surface area (Å²) in [5.41, 5.74) is 1.68. The van der Waals surface area contributed by atoms with Crippen LogP contribution >= 0.6 is 0 Å². The Kier molecular flexibility index (Phi) is 3.76. The number of halogens is 1. The summed E-state index contributed by atoms with van der Waals surface area (Å²) in [5.74, 6) is -0.954. The molecular formula is C15H13FN2O2. The van der Waals surface area contributed by atoms with Gasteiger partial charge in [-0.05, 0) is 48.4 Å². The van der Waals surface area contributed by atoms with Crippen molar-refractivity contribution in [3.8, 4) is 17.6 Å². The van der Waals surface area contributed by atoms with E-state index in [1.807, 2.05) is 6.07 Å².